The van der Waals surface area contributed by atoms with E-state index in [1.54, 1.807) is 0 Å². The minimum absolute atomic E-state index is 0.384. The molecule has 2 heterocycles. The smallest absolute Gasteiger partial charge is 0.172 e. The monoisotopic (exact) mass is 242 g/mol. The molecule has 2 rings (SSSR count). The van der Waals surface area contributed by atoms with Crippen LogP contribution in [0.15, 0.2) is 16.7 Å². The SMILES string of the molecule is C[C@H]1COc2ccc(Br)nc2N1C. The molecule has 0 amide bonds. The topological polar surface area (TPSA) is 25.4 Å². The fraction of sp³-hybridized carbons (Fsp3) is 0.444. The fourth-order valence-corrected chi connectivity index (χ4v) is 1.61. The van der Waals surface area contributed by atoms with Crippen LogP contribution in [-0.4, -0.2) is 24.7 Å². The van der Waals surface area contributed by atoms with Crippen LogP contribution in [0.25, 0.3) is 0 Å². The first-order chi connectivity index (χ1) is 6.18. The molecule has 1 atom stereocenters. The second-order valence-electron chi connectivity index (χ2n) is 3.23. The highest BCUT2D eigenvalue weighted by Crippen LogP contribution is 2.31. The summed E-state index contributed by atoms with van der Waals surface area (Å²) in [5.74, 6) is 1.77. The molecule has 3 nitrogen and oxygen atoms in total. The van der Waals surface area contributed by atoms with Crippen molar-refractivity contribution in [3.63, 3.8) is 0 Å². The number of rotatable bonds is 0. The molecule has 1 aliphatic heterocycles. The first kappa shape index (κ1) is 8.81. The summed E-state index contributed by atoms with van der Waals surface area (Å²) >= 11 is 3.34. The Bertz CT molecular complexity index is 329. The molecule has 1 aliphatic rings. The lowest BCUT2D eigenvalue weighted by atomic mass is 10.2. The van der Waals surface area contributed by atoms with E-state index >= 15 is 0 Å². The van der Waals surface area contributed by atoms with E-state index in [0.717, 1.165) is 22.8 Å². The summed E-state index contributed by atoms with van der Waals surface area (Å²) in [4.78, 5) is 6.49. The predicted molar refractivity (Wildman–Crippen MR) is 55.3 cm³/mol. The van der Waals surface area contributed by atoms with Crippen molar-refractivity contribution in [2.24, 2.45) is 0 Å². The van der Waals surface area contributed by atoms with Gasteiger partial charge in [0.25, 0.3) is 0 Å². The molecule has 1 aromatic rings. The minimum atomic E-state index is 0.384. The Labute approximate surface area is 85.8 Å². The van der Waals surface area contributed by atoms with Gasteiger partial charge in [-0.05, 0) is 35.0 Å². The van der Waals surface area contributed by atoms with Crippen molar-refractivity contribution in [1.82, 2.24) is 4.98 Å². The molecular weight excluding hydrogens is 232 g/mol. The third-order valence-electron chi connectivity index (χ3n) is 2.28. The van der Waals surface area contributed by atoms with Crippen molar-refractivity contribution in [3.8, 4) is 5.75 Å². The highest BCUT2D eigenvalue weighted by molar-refractivity contribution is 9.10. The number of hydrogen-bond donors (Lipinski definition) is 0. The highest BCUT2D eigenvalue weighted by atomic mass is 79.9. The Morgan fingerprint density at radius 3 is 3.15 bits per heavy atom. The molecule has 0 spiro atoms. The van der Waals surface area contributed by atoms with Crippen molar-refractivity contribution in [3.05, 3.63) is 16.7 Å². The molecular formula is C9H11BrN2O. The van der Waals surface area contributed by atoms with Gasteiger partial charge in [0.2, 0.25) is 0 Å². The average Bonchev–Trinajstić information content (AvgIpc) is 2.12. The van der Waals surface area contributed by atoms with Gasteiger partial charge in [0.15, 0.2) is 11.6 Å². The standard InChI is InChI=1S/C9H11BrN2O/c1-6-5-13-7-3-4-8(10)11-9(7)12(6)2/h3-4,6H,5H2,1-2H3/t6-/m0/s1. The van der Waals surface area contributed by atoms with Crippen molar-refractivity contribution < 1.29 is 4.74 Å². The van der Waals surface area contributed by atoms with Crippen molar-refractivity contribution in [2.45, 2.75) is 13.0 Å². The lowest BCUT2D eigenvalue weighted by Gasteiger charge is -2.32. The van der Waals surface area contributed by atoms with Gasteiger partial charge >= 0.3 is 0 Å². The van der Waals surface area contributed by atoms with Crippen molar-refractivity contribution in [2.75, 3.05) is 18.6 Å². The summed E-state index contributed by atoms with van der Waals surface area (Å²) in [5, 5.41) is 0. The Morgan fingerprint density at radius 1 is 1.62 bits per heavy atom. The molecule has 0 saturated carbocycles. The van der Waals surface area contributed by atoms with Gasteiger partial charge in [0, 0.05) is 7.05 Å². The van der Waals surface area contributed by atoms with Crippen LogP contribution >= 0.6 is 15.9 Å². The lowest BCUT2D eigenvalue weighted by molar-refractivity contribution is 0.272. The zero-order valence-electron chi connectivity index (χ0n) is 7.62. The van der Waals surface area contributed by atoms with Crippen molar-refractivity contribution >= 4 is 21.7 Å². The summed E-state index contributed by atoms with van der Waals surface area (Å²) < 4.78 is 6.38. The molecule has 4 heteroatoms. The van der Waals surface area contributed by atoms with Crippen LogP contribution < -0.4 is 9.64 Å². The summed E-state index contributed by atoms with van der Waals surface area (Å²) in [5.41, 5.74) is 0. The molecule has 0 bridgehead atoms. The van der Waals surface area contributed by atoms with Crippen LogP contribution in [0.1, 0.15) is 6.92 Å². The van der Waals surface area contributed by atoms with E-state index in [1.807, 2.05) is 19.2 Å². The van der Waals surface area contributed by atoms with Crippen LogP contribution in [0, 0.1) is 0 Å². The average molecular weight is 243 g/mol. The maximum atomic E-state index is 5.54. The number of nitrogens with zero attached hydrogens (tertiary/aromatic N) is 2. The van der Waals surface area contributed by atoms with Crippen LogP contribution in [0.4, 0.5) is 5.82 Å². The number of anilines is 1. The molecule has 0 fully saturated rings. The number of aromatic nitrogens is 1. The highest BCUT2D eigenvalue weighted by Gasteiger charge is 2.22. The molecule has 1 aromatic heterocycles. The largest absolute Gasteiger partial charge is 0.488 e. The summed E-state index contributed by atoms with van der Waals surface area (Å²) in [6.45, 7) is 2.85. The second kappa shape index (κ2) is 3.18. The zero-order valence-corrected chi connectivity index (χ0v) is 9.21. The van der Waals surface area contributed by atoms with Gasteiger partial charge in [-0.1, -0.05) is 0 Å². The van der Waals surface area contributed by atoms with E-state index in [9.17, 15) is 0 Å². The maximum Gasteiger partial charge on any atom is 0.172 e. The number of hydrogen-bond acceptors (Lipinski definition) is 3. The molecule has 0 aliphatic carbocycles. The Kier molecular flexibility index (Phi) is 2.15. The maximum absolute atomic E-state index is 5.54. The van der Waals surface area contributed by atoms with Crippen LogP contribution in [0.2, 0.25) is 0 Å². The van der Waals surface area contributed by atoms with Gasteiger partial charge in [-0.25, -0.2) is 4.98 Å². The first-order valence-corrected chi connectivity index (χ1v) is 5.00. The first-order valence-electron chi connectivity index (χ1n) is 4.20. The molecule has 0 aromatic carbocycles. The summed E-state index contributed by atoms with van der Waals surface area (Å²) in [7, 11) is 2.03. The second-order valence-corrected chi connectivity index (χ2v) is 4.04. The third kappa shape index (κ3) is 1.50. The van der Waals surface area contributed by atoms with Crippen LogP contribution in [0.5, 0.6) is 5.75 Å². The van der Waals surface area contributed by atoms with E-state index in [-0.39, 0.29) is 0 Å². The molecule has 0 unspecified atom stereocenters. The molecule has 0 saturated heterocycles. The van der Waals surface area contributed by atoms with Gasteiger partial charge in [-0.2, -0.15) is 0 Å². The van der Waals surface area contributed by atoms with Gasteiger partial charge in [0.05, 0.1) is 6.04 Å². The quantitative estimate of drug-likeness (QED) is 0.652. The van der Waals surface area contributed by atoms with E-state index in [2.05, 4.69) is 32.7 Å². The molecule has 13 heavy (non-hydrogen) atoms. The van der Waals surface area contributed by atoms with E-state index in [4.69, 9.17) is 4.74 Å². The van der Waals surface area contributed by atoms with Crippen LogP contribution in [-0.2, 0) is 0 Å². The normalized spacial score (nSPS) is 20.8. The molecule has 0 N–H and O–H groups in total. The fourth-order valence-electron chi connectivity index (χ4n) is 1.31. The van der Waals surface area contributed by atoms with E-state index < -0.39 is 0 Å². The van der Waals surface area contributed by atoms with Gasteiger partial charge < -0.3 is 9.64 Å². The van der Waals surface area contributed by atoms with Crippen LogP contribution in [0.3, 0.4) is 0 Å². The van der Waals surface area contributed by atoms with Gasteiger partial charge in [-0.15, -0.1) is 0 Å². The zero-order chi connectivity index (χ0) is 9.42. The predicted octanol–water partition coefficient (Wildman–Crippen LogP) is 2.06. The number of fused-ring (bicyclic) bond motifs is 1. The summed E-state index contributed by atoms with van der Waals surface area (Å²) in [6.07, 6.45) is 0. The molecule has 70 valence electrons. The summed E-state index contributed by atoms with van der Waals surface area (Å²) in [6, 6.07) is 4.21. The van der Waals surface area contributed by atoms with Gasteiger partial charge in [0.1, 0.15) is 11.2 Å². The Balaban J connectivity index is 2.45. The molecule has 0 radical (unpaired) electrons. The third-order valence-corrected chi connectivity index (χ3v) is 2.72. The number of halogens is 1. The number of pyridine rings is 1. The minimum Gasteiger partial charge on any atom is -0.488 e. The van der Waals surface area contributed by atoms with E-state index in [0.29, 0.717) is 6.04 Å². The number of likely N-dealkylation sites (N-methyl/N-ethyl adjacent to an activating group) is 1. The Morgan fingerprint density at radius 2 is 2.38 bits per heavy atom. The van der Waals surface area contributed by atoms with Crippen molar-refractivity contribution in [1.29, 1.82) is 0 Å². The number of ether oxygens (including phenoxy) is 1. The van der Waals surface area contributed by atoms with Gasteiger partial charge in [-0.3, -0.25) is 0 Å². The lowest BCUT2D eigenvalue weighted by Crippen LogP contribution is -2.38. The Hall–Kier alpha value is -0.770. The van der Waals surface area contributed by atoms with E-state index in [1.165, 1.54) is 0 Å².